The summed E-state index contributed by atoms with van der Waals surface area (Å²) in [6.07, 6.45) is 4.14. The third-order valence-corrected chi connectivity index (χ3v) is 3.40. The SMILES string of the molecule is ClCC1CCCCS1. The van der Waals surface area contributed by atoms with E-state index in [1.54, 1.807) is 0 Å². The van der Waals surface area contributed by atoms with Crippen LogP contribution in [0.4, 0.5) is 0 Å². The van der Waals surface area contributed by atoms with Gasteiger partial charge in [-0.05, 0) is 18.6 Å². The van der Waals surface area contributed by atoms with Gasteiger partial charge in [-0.2, -0.15) is 11.8 Å². The molecule has 1 aliphatic heterocycles. The molecule has 0 bridgehead atoms. The van der Waals surface area contributed by atoms with Gasteiger partial charge in [-0.15, -0.1) is 11.6 Å². The zero-order valence-electron chi connectivity index (χ0n) is 4.90. The molecule has 1 aliphatic rings. The maximum Gasteiger partial charge on any atom is 0.0342 e. The van der Waals surface area contributed by atoms with Crippen LogP contribution >= 0.6 is 23.4 Å². The Labute approximate surface area is 60.0 Å². The molecule has 2 heteroatoms. The highest BCUT2D eigenvalue weighted by molar-refractivity contribution is 8.00. The summed E-state index contributed by atoms with van der Waals surface area (Å²) in [7, 11) is 0. The molecule has 8 heavy (non-hydrogen) atoms. The first kappa shape index (κ1) is 6.76. The third kappa shape index (κ3) is 1.87. The highest BCUT2D eigenvalue weighted by Crippen LogP contribution is 2.25. The number of rotatable bonds is 1. The van der Waals surface area contributed by atoms with E-state index in [0.29, 0.717) is 0 Å². The maximum absolute atomic E-state index is 5.66. The third-order valence-electron chi connectivity index (χ3n) is 1.45. The van der Waals surface area contributed by atoms with Gasteiger partial charge in [-0.1, -0.05) is 6.42 Å². The summed E-state index contributed by atoms with van der Waals surface area (Å²) in [5.74, 6) is 2.18. The van der Waals surface area contributed by atoms with Crippen LogP contribution in [0.15, 0.2) is 0 Å². The molecule has 0 N–H and O–H groups in total. The van der Waals surface area contributed by atoms with E-state index in [2.05, 4.69) is 0 Å². The molecule has 0 radical (unpaired) electrons. The van der Waals surface area contributed by atoms with Gasteiger partial charge in [0.2, 0.25) is 0 Å². The van der Waals surface area contributed by atoms with Gasteiger partial charge < -0.3 is 0 Å². The lowest BCUT2D eigenvalue weighted by Gasteiger charge is -2.17. The van der Waals surface area contributed by atoms with Crippen LogP contribution in [0.5, 0.6) is 0 Å². The molecule has 1 saturated heterocycles. The largest absolute Gasteiger partial charge is 0.157 e. The van der Waals surface area contributed by atoms with Gasteiger partial charge in [0.15, 0.2) is 0 Å². The number of hydrogen-bond donors (Lipinski definition) is 0. The Morgan fingerprint density at radius 1 is 1.50 bits per heavy atom. The number of alkyl halides is 1. The van der Waals surface area contributed by atoms with Crippen molar-refractivity contribution in [1.29, 1.82) is 0 Å². The lowest BCUT2D eigenvalue weighted by molar-refractivity contribution is 0.696. The van der Waals surface area contributed by atoms with Crippen LogP contribution in [0.2, 0.25) is 0 Å². The van der Waals surface area contributed by atoms with Gasteiger partial charge in [-0.25, -0.2) is 0 Å². The fourth-order valence-electron chi connectivity index (χ4n) is 0.929. The van der Waals surface area contributed by atoms with Crippen molar-refractivity contribution < 1.29 is 0 Å². The van der Waals surface area contributed by atoms with Crippen LogP contribution < -0.4 is 0 Å². The van der Waals surface area contributed by atoms with Crippen molar-refractivity contribution >= 4 is 23.4 Å². The Bertz CT molecular complexity index is 59.5. The van der Waals surface area contributed by atoms with E-state index in [1.165, 1.54) is 25.0 Å². The summed E-state index contributed by atoms with van der Waals surface area (Å²) in [5.41, 5.74) is 0. The Kier molecular flexibility index (Phi) is 3.06. The quantitative estimate of drug-likeness (QED) is 0.518. The van der Waals surface area contributed by atoms with E-state index < -0.39 is 0 Å². The highest BCUT2D eigenvalue weighted by Gasteiger charge is 2.11. The standard InChI is InChI=1S/C6H11ClS/c7-5-6-3-1-2-4-8-6/h6H,1-5H2. The number of thioether (sulfide) groups is 1. The molecule has 0 nitrogen and oxygen atoms in total. The molecule has 1 heterocycles. The van der Waals surface area contributed by atoms with Crippen LogP contribution in [0.3, 0.4) is 0 Å². The molecular weight excluding hydrogens is 140 g/mol. The van der Waals surface area contributed by atoms with Gasteiger partial charge >= 0.3 is 0 Å². The van der Waals surface area contributed by atoms with Crippen LogP contribution in [0, 0.1) is 0 Å². The predicted molar refractivity (Wildman–Crippen MR) is 40.8 cm³/mol. The summed E-state index contributed by atoms with van der Waals surface area (Å²) < 4.78 is 0. The van der Waals surface area contributed by atoms with Crippen molar-refractivity contribution in [2.24, 2.45) is 0 Å². The van der Waals surface area contributed by atoms with Crippen molar-refractivity contribution in [3.63, 3.8) is 0 Å². The van der Waals surface area contributed by atoms with Gasteiger partial charge in [0.05, 0.1) is 0 Å². The molecule has 48 valence electrons. The first-order valence-electron chi connectivity index (χ1n) is 3.11. The highest BCUT2D eigenvalue weighted by atomic mass is 35.5. The lowest BCUT2D eigenvalue weighted by Crippen LogP contribution is -2.10. The number of halogens is 1. The second-order valence-corrected chi connectivity index (χ2v) is 3.86. The summed E-state index contributed by atoms with van der Waals surface area (Å²) in [6, 6.07) is 0. The summed E-state index contributed by atoms with van der Waals surface area (Å²) >= 11 is 7.69. The molecule has 0 spiro atoms. The zero-order chi connectivity index (χ0) is 5.82. The van der Waals surface area contributed by atoms with Crippen molar-refractivity contribution in [3.05, 3.63) is 0 Å². The maximum atomic E-state index is 5.66. The first-order valence-corrected chi connectivity index (χ1v) is 4.69. The fourth-order valence-corrected chi connectivity index (χ4v) is 2.48. The van der Waals surface area contributed by atoms with E-state index in [-0.39, 0.29) is 0 Å². The minimum absolute atomic E-state index is 0.769. The second kappa shape index (κ2) is 3.62. The second-order valence-electron chi connectivity index (χ2n) is 2.14. The van der Waals surface area contributed by atoms with Crippen molar-refractivity contribution in [2.75, 3.05) is 11.6 Å². The topological polar surface area (TPSA) is 0 Å². The fraction of sp³-hybridized carbons (Fsp3) is 1.00. The Balaban J connectivity index is 2.13. The molecule has 1 unspecified atom stereocenters. The molecule has 0 aromatic carbocycles. The Morgan fingerprint density at radius 3 is 2.75 bits per heavy atom. The predicted octanol–water partition coefficient (Wildman–Crippen LogP) is 2.51. The molecule has 1 rings (SSSR count). The average molecular weight is 151 g/mol. The molecule has 0 aromatic heterocycles. The van der Waals surface area contributed by atoms with E-state index in [9.17, 15) is 0 Å². The molecule has 0 aliphatic carbocycles. The van der Waals surface area contributed by atoms with Crippen LogP contribution in [-0.2, 0) is 0 Å². The summed E-state index contributed by atoms with van der Waals surface area (Å²) in [6.45, 7) is 0. The van der Waals surface area contributed by atoms with Crippen molar-refractivity contribution in [2.45, 2.75) is 24.5 Å². The monoisotopic (exact) mass is 150 g/mol. The van der Waals surface area contributed by atoms with Crippen molar-refractivity contribution in [3.8, 4) is 0 Å². The molecule has 0 aromatic rings. The molecule has 0 saturated carbocycles. The first-order chi connectivity index (χ1) is 3.93. The molecule has 1 fully saturated rings. The molecule has 1 atom stereocenters. The van der Waals surface area contributed by atoms with Crippen molar-refractivity contribution in [1.82, 2.24) is 0 Å². The van der Waals surface area contributed by atoms with E-state index in [1.807, 2.05) is 11.8 Å². The van der Waals surface area contributed by atoms with E-state index >= 15 is 0 Å². The Morgan fingerprint density at radius 2 is 2.38 bits per heavy atom. The molecular formula is C6H11ClS. The van der Waals surface area contributed by atoms with E-state index in [0.717, 1.165) is 11.1 Å². The Hall–Kier alpha value is 0.640. The lowest BCUT2D eigenvalue weighted by atomic mass is 10.2. The van der Waals surface area contributed by atoms with Crippen LogP contribution in [0.1, 0.15) is 19.3 Å². The summed E-state index contributed by atoms with van der Waals surface area (Å²) in [5, 5.41) is 0.769. The minimum Gasteiger partial charge on any atom is -0.157 e. The summed E-state index contributed by atoms with van der Waals surface area (Å²) in [4.78, 5) is 0. The van der Waals surface area contributed by atoms with Gasteiger partial charge in [0, 0.05) is 11.1 Å². The zero-order valence-corrected chi connectivity index (χ0v) is 6.47. The van der Waals surface area contributed by atoms with Gasteiger partial charge in [-0.3, -0.25) is 0 Å². The smallest absolute Gasteiger partial charge is 0.0342 e. The molecule has 0 amide bonds. The average Bonchev–Trinajstić information content (AvgIpc) is 1.90. The van der Waals surface area contributed by atoms with E-state index in [4.69, 9.17) is 11.6 Å². The van der Waals surface area contributed by atoms with Crippen LogP contribution in [0.25, 0.3) is 0 Å². The van der Waals surface area contributed by atoms with Crippen LogP contribution in [-0.4, -0.2) is 16.9 Å². The van der Waals surface area contributed by atoms with Gasteiger partial charge in [0.25, 0.3) is 0 Å². The minimum atomic E-state index is 0.769. The number of hydrogen-bond acceptors (Lipinski definition) is 1. The normalized spacial score (nSPS) is 30.4. The van der Waals surface area contributed by atoms with Gasteiger partial charge in [0.1, 0.15) is 0 Å².